The lowest BCUT2D eigenvalue weighted by atomic mass is 9.44. The van der Waals surface area contributed by atoms with Crippen LogP contribution in [-0.2, 0) is 19.1 Å². The highest BCUT2D eigenvalue weighted by atomic mass is 79.9. The third kappa shape index (κ3) is 2.39. The Morgan fingerprint density at radius 3 is 2.66 bits per heavy atom. The molecule has 4 aliphatic rings. The molecule has 0 aromatic rings. The summed E-state index contributed by atoms with van der Waals surface area (Å²) in [5, 5.41) is 11.4. The van der Waals surface area contributed by atoms with Crippen LogP contribution in [0, 0.1) is 28.6 Å². The molecule has 0 aromatic heterocycles. The van der Waals surface area contributed by atoms with Crippen molar-refractivity contribution >= 4 is 34.0 Å². The largest absolute Gasteiger partial charge is 0.463 e. The molecule has 0 aliphatic heterocycles. The van der Waals surface area contributed by atoms with E-state index in [0.29, 0.717) is 19.3 Å². The summed E-state index contributed by atoms with van der Waals surface area (Å²) >= 11 is 4.07. The maximum Gasteiger partial charge on any atom is 0.293 e. The zero-order valence-electron chi connectivity index (χ0n) is 17.4. The predicted octanol–water partition coefficient (Wildman–Crippen LogP) is 3.53. The highest BCUT2D eigenvalue weighted by Crippen LogP contribution is 2.72. The highest BCUT2D eigenvalue weighted by Gasteiger charge is 2.73. The van der Waals surface area contributed by atoms with E-state index in [9.17, 15) is 19.5 Å². The average molecular weight is 465 g/mol. The van der Waals surface area contributed by atoms with Crippen molar-refractivity contribution in [1.29, 1.82) is 0 Å². The number of alkyl halides is 1. The lowest BCUT2D eigenvalue weighted by molar-refractivity contribution is -0.178. The monoisotopic (exact) mass is 464 g/mol. The van der Waals surface area contributed by atoms with E-state index in [4.69, 9.17) is 4.74 Å². The number of ether oxygens (including phenoxy) is 1. The Morgan fingerprint density at radius 1 is 1.34 bits per heavy atom. The Bertz CT molecular complexity index is 848. The number of carbonyl (C=O) groups is 3. The first kappa shape index (κ1) is 21.0. The second-order valence-corrected chi connectivity index (χ2v) is 11.3. The Morgan fingerprint density at radius 2 is 2.03 bits per heavy atom. The average Bonchev–Trinajstić information content (AvgIpc) is 2.92. The molecule has 4 rings (SSSR count). The molecule has 8 atom stereocenters. The number of rotatable bonds is 3. The number of ketones is 2. The van der Waals surface area contributed by atoms with Crippen LogP contribution in [0.15, 0.2) is 23.8 Å². The summed E-state index contributed by atoms with van der Waals surface area (Å²) in [7, 11) is 0. The number of aliphatic hydroxyl groups is 1. The van der Waals surface area contributed by atoms with Gasteiger partial charge in [0.15, 0.2) is 11.6 Å². The quantitative estimate of drug-likeness (QED) is 0.510. The van der Waals surface area contributed by atoms with Crippen LogP contribution >= 0.6 is 15.9 Å². The van der Waals surface area contributed by atoms with Gasteiger partial charge in [-0.15, -0.1) is 0 Å². The molecule has 5 nitrogen and oxygen atoms in total. The van der Waals surface area contributed by atoms with Crippen LogP contribution in [0.5, 0.6) is 0 Å². The molecule has 0 amide bonds. The summed E-state index contributed by atoms with van der Waals surface area (Å²) in [6, 6.07) is 0. The van der Waals surface area contributed by atoms with Gasteiger partial charge in [0.2, 0.25) is 0 Å². The van der Waals surface area contributed by atoms with Crippen LogP contribution in [0.4, 0.5) is 0 Å². The zero-order chi connectivity index (χ0) is 21.4. The minimum atomic E-state index is -1.41. The molecular weight excluding hydrogens is 436 g/mol. The molecule has 0 unspecified atom stereocenters. The molecule has 1 N–H and O–H groups in total. The Hall–Kier alpha value is -1.27. The van der Waals surface area contributed by atoms with Gasteiger partial charge in [-0.25, -0.2) is 0 Å². The van der Waals surface area contributed by atoms with Gasteiger partial charge in [0, 0.05) is 10.8 Å². The molecular formula is C23H29BrO5. The van der Waals surface area contributed by atoms with Crippen LogP contribution in [-0.4, -0.2) is 39.2 Å². The van der Waals surface area contributed by atoms with Crippen molar-refractivity contribution in [3.05, 3.63) is 23.8 Å². The molecule has 29 heavy (non-hydrogen) atoms. The number of hydrogen-bond donors (Lipinski definition) is 1. The van der Waals surface area contributed by atoms with Crippen LogP contribution in [0.1, 0.15) is 53.4 Å². The van der Waals surface area contributed by atoms with Gasteiger partial charge in [0.05, 0.1) is 4.32 Å². The number of hydrogen-bond acceptors (Lipinski definition) is 5. The molecule has 0 radical (unpaired) electrons. The first-order valence-corrected chi connectivity index (χ1v) is 11.2. The van der Waals surface area contributed by atoms with Crippen LogP contribution in [0.2, 0.25) is 0 Å². The standard InChI is InChI=1S/C23H29BrO5/c1-13-9-18-16-6-8-22(28,14(2)26)21(16,4)11-19(29-12-25)23(18,24)20(3)7-5-15(27)10-17(13)20/h5,7,10,12-13,16,18-19,28H,6,8-9,11H2,1-4H3/t13-,16-,18-,19-,20-,21-,22-,23-/m0/s1. The number of fused-ring (bicyclic) bond motifs is 5. The predicted molar refractivity (Wildman–Crippen MR) is 111 cm³/mol. The lowest BCUT2D eigenvalue weighted by Gasteiger charge is -2.65. The number of Topliss-reactive ketones (excluding diaryl/α,β-unsaturated/α-hetero) is 1. The van der Waals surface area contributed by atoms with Crippen molar-refractivity contribution in [2.75, 3.05) is 0 Å². The first-order valence-electron chi connectivity index (χ1n) is 10.4. The van der Waals surface area contributed by atoms with E-state index in [2.05, 4.69) is 29.8 Å². The van der Waals surface area contributed by atoms with Crippen molar-refractivity contribution < 1.29 is 24.2 Å². The fourth-order valence-corrected chi connectivity index (χ4v) is 8.50. The van der Waals surface area contributed by atoms with Gasteiger partial charge in [-0.3, -0.25) is 14.4 Å². The third-order valence-corrected chi connectivity index (χ3v) is 10.8. The van der Waals surface area contributed by atoms with Crippen molar-refractivity contribution in [2.45, 2.75) is 69.4 Å². The van der Waals surface area contributed by atoms with E-state index < -0.39 is 26.9 Å². The number of carbonyl (C=O) groups excluding carboxylic acids is 3. The number of allylic oxidation sites excluding steroid dienone is 4. The number of halogens is 1. The maximum atomic E-state index is 12.5. The molecule has 0 spiro atoms. The fraction of sp³-hybridized carbons (Fsp3) is 0.696. The second kappa shape index (κ2) is 6.36. The smallest absolute Gasteiger partial charge is 0.293 e. The van der Waals surface area contributed by atoms with Gasteiger partial charge in [0.1, 0.15) is 11.7 Å². The summed E-state index contributed by atoms with van der Waals surface area (Å²) in [5.74, 6) is 0.131. The van der Waals surface area contributed by atoms with Crippen LogP contribution in [0.25, 0.3) is 0 Å². The Kier molecular flexibility index (Phi) is 4.60. The van der Waals surface area contributed by atoms with Gasteiger partial charge in [-0.05, 0) is 62.5 Å². The van der Waals surface area contributed by atoms with Crippen LogP contribution in [0.3, 0.4) is 0 Å². The molecule has 3 saturated carbocycles. The molecule has 0 saturated heterocycles. The normalized spacial score (nSPS) is 50.8. The summed E-state index contributed by atoms with van der Waals surface area (Å²) < 4.78 is 5.07. The summed E-state index contributed by atoms with van der Waals surface area (Å²) in [5.41, 5.74) is -1.52. The van der Waals surface area contributed by atoms with E-state index in [1.807, 2.05) is 13.0 Å². The van der Waals surface area contributed by atoms with E-state index >= 15 is 0 Å². The van der Waals surface area contributed by atoms with Gasteiger partial charge in [-0.1, -0.05) is 48.4 Å². The van der Waals surface area contributed by atoms with Crippen molar-refractivity contribution in [1.82, 2.24) is 0 Å². The highest BCUT2D eigenvalue weighted by molar-refractivity contribution is 9.10. The molecule has 0 aromatic carbocycles. The molecule has 158 valence electrons. The summed E-state index contributed by atoms with van der Waals surface area (Å²) in [6.45, 7) is 8.16. The topological polar surface area (TPSA) is 80.7 Å². The molecule has 4 aliphatic carbocycles. The van der Waals surface area contributed by atoms with E-state index in [-0.39, 0.29) is 29.3 Å². The van der Waals surface area contributed by atoms with Crippen molar-refractivity contribution in [3.8, 4) is 0 Å². The Balaban J connectivity index is 1.90. The van der Waals surface area contributed by atoms with E-state index in [1.54, 1.807) is 12.2 Å². The third-order valence-electron chi connectivity index (χ3n) is 8.90. The van der Waals surface area contributed by atoms with Gasteiger partial charge >= 0.3 is 0 Å². The first-order chi connectivity index (χ1) is 13.5. The SMILES string of the molecule is CC(=O)[C@@]1(O)CC[C@H]2[C@@H]3C[C@H](C)C4=CC(=O)C=C[C@]4(C)[C@@]3(Br)[C@@H](OC=O)C[C@@]21C. The molecule has 6 heteroatoms. The minimum absolute atomic E-state index is 0.0146. The minimum Gasteiger partial charge on any atom is -0.463 e. The van der Waals surface area contributed by atoms with Crippen LogP contribution < -0.4 is 0 Å². The Labute approximate surface area is 180 Å². The zero-order valence-corrected chi connectivity index (χ0v) is 19.0. The fourth-order valence-electron chi connectivity index (χ4n) is 7.36. The second-order valence-electron chi connectivity index (χ2n) is 9.95. The summed E-state index contributed by atoms with van der Waals surface area (Å²) in [6.07, 6.45) is 7.15. The molecule has 0 bridgehead atoms. The molecule has 0 heterocycles. The van der Waals surface area contributed by atoms with E-state index in [1.165, 1.54) is 6.92 Å². The van der Waals surface area contributed by atoms with Gasteiger partial charge in [-0.2, -0.15) is 0 Å². The van der Waals surface area contributed by atoms with Crippen molar-refractivity contribution in [3.63, 3.8) is 0 Å². The van der Waals surface area contributed by atoms with Crippen molar-refractivity contribution in [2.24, 2.45) is 28.6 Å². The lowest BCUT2D eigenvalue weighted by Crippen LogP contribution is -2.69. The van der Waals surface area contributed by atoms with E-state index in [0.717, 1.165) is 18.4 Å². The van der Waals surface area contributed by atoms with Gasteiger partial charge < -0.3 is 9.84 Å². The maximum absolute atomic E-state index is 12.5. The summed E-state index contributed by atoms with van der Waals surface area (Å²) in [4.78, 5) is 36.1. The molecule has 3 fully saturated rings. The van der Waals surface area contributed by atoms with Gasteiger partial charge in [0.25, 0.3) is 6.47 Å².